The van der Waals surface area contributed by atoms with Gasteiger partial charge in [0.05, 0.1) is 12.2 Å². The van der Waals surface area contributed by atoms with Gasteiger partial charge in [-0.3, -0.25) is 4.79 Å². The number of carbonyl (C=O) groups is 1. The summed E-state index contributed by atoms with van der Waals surface area (Å²) >= 11 is 1.74. The molecule has 2 aliphatic heterocycles. The molecule has 1 saturated heterocycles. The van der Waals surface area contributed by atoms with E-state index in [4.69, 9.17) is 4.98 Å². The van der Waals surface area contributed by atoms with Crippen LogP contribution < -0.4 is 4.90 Å². The summed E-state index contributed by atoms with van der Waals surface area (Å²) in [5.74, 6) is 1.58. The molecule has 5 nitrogen and oxygen atoms in total. The van der Waals surface area contributed by atoms with Crippen LogP contribution in [0.3, 0.4) is 0 Å². The number of carbonyl (C=O) groups excluding carboxylic acids is 1. The van der Waals surface area contributed by atoms with Crippen molar-refractivity contribution in [3.8, 4) is 0 Å². The van der Waals surface area contributed by atoms with E-state index in [1.165, 1.54) is 16.5 Å². The number of fused-ring (bicyclic) bond motifs is 2. The smallest absolute Gasteiger partial charge is 0.270 e. The van der Waals surface area contributed by atoms with Crippen molar-refractivity contribution >= 4 is 33.3 Å². The summed E-state index contributed by atoms with van der Waals surface area (Å²) in [5.41, 5.74) is 2.85. The van der Waals surface area contributed by atoms with Crippen LogP contribution in [0.15, 0.2) is 30.3 Å². The number of nitrogens with zero attached hydrogens (tertiary/aromatic N) is 3. The standard InChI is InChI=1S/C19H19N4OS/c1-12-9-23(10-12)19-21-15-6-7-22(11-17(15)25-19)18(24)16-8-13-4-2-3-5-14(13)20-16/h2-5,8,20H,6-7,9-11H2,1H3. The van der Waals surface area contributed by atoms with Crippen molar-refractivity contribution in [2.45, 2.75) is 19.9 Å². The molecule has 3 aromatic rings. The van der Waals surface area contributed by atoms with Crippen LogP contribution in [0.4, 0.5) is 5.13 Å². The zero-order chi connectivity index (χ0) is 17.0. The largest absolute Gasteiger partial charge is 0.351 e. The van der Waals surface area contributed by atoms with Crippen molar-refractivity contribution in [2.75, 3.05) is 24.5 Å². The first kappa shape index (κ1) is 15.0. The minimum atomic E-state index is 0.0740. The fraction of sp³-hybridized carbons (Fsp3) is 0.316. The molecule has 0 aliphatic carbocycles. The highest BCUT2D eigenvalue weighted by Crippen LogP contribution is 2.34. The van der Waals surface area contributed by atoms with E-state index in [1.807, 2.05) is 35.2 Å². The van der Waals surface area contributed by atoms with E-state index in [0.29, 0.717) is 12.2 Å². The fourth-order valence-corrected chi connectivity index (χ4v) is 4.71. The molecule has 0 unspecified atom stereocenters. The molecule has 6 heteroatoms. The number of H-pyrrole nitrogens is 1. The van der Waals surface area contributed by atoms with Crippen LogP contribution in [-0.2, 0) is 13.0 Å². The average molecular weight is 351 g/mol. The first-order valence-electron chi connectivity index (χ1n) is 8.59. The Morgan fingerprint density at radius 1 is 1.24 bits per heavy atom. The average Bonchev–Trinajstić information content (AvgIpc) is 3.21. The van der Waals surface area contributed by atoms with Crippen LogP contribution in [0, 0.1) is 5.92 Å². The van der Waals surface area contributed by atoms with E-state index in [-0.39, 0.29) is 5.91 Å². The molecular weight excluding hydrogens is 332 g/mol. The van der Waals surface area contributed by atoms with Crippen molar-refractivity contribution < 1.29 is 4.79 Å². The Labute approximate surface area is 150 Å². The number of amides is 1. The molecule has 0 bridgehead atoms. The second-order valence-electron chi connectivity index (χ2n) is 6.93. The van der Waals surface area contributed by atoms with Crippen LogP contribution in [0.2, 0.25) is 0 Å². The van der Waals surface area contributed by atoms with Crippen molar-refractivity contribution in [2.24, 2.45) is 0 Å². The molecule has 25 heavy (non-hydrogen) atoms. The predicted octanol–water partition coefficient (Wildman–Crippen LogP) is 3.24. The summed E-state index contributed by atoms with van der Waals surface area (Å²) in [6, 6.07) is 9.95. The topological polar surface area (TPSA) is 52.2 Å². The van der Waals surface area contributed by atoms with E-state index < -0.39 is 0 Å². The number of para-hydroxylation sites is 1. The van der Waals surface area contributed by atoms with Crippen molar-refractivity contribution in [1.82, 2.24) is 14.9 Å². The lowest BCUT2D eigenvalue weighted by molar-refractivity contribution is 0.0731. The third kappa shape index (κ3) is 2.52. The Kier molecular flexibility index (Phi) is 3.35. The molecule has 4 heterocycles. The molecule has 1 N–H and O–H groups in total. The van der Waals surface area contributed by atoms with E-state index in [2.05, 4.69) is 16.8 Å². The molecule has 1 fully saturated rings. The van der Waals surface area contributed by atoms with Crippen LogP contribution in [0.5, 0.6) is 0 Å². The highest BCUT2D eigenvalue weighted by Gasteiger charge is 2.30. The number of benzene rings is 1. The zero-order valence-electron chi connectivity index (χ0n) is 14.1. The number of hydrogen-bond donors (Lipinski definition) is 1. The van der Waals surface area contributed by atoms with E-state index in [9.17, 15) is 4.79 Å². The van der Waals surface area contributed by atoms with Crippen LogP contribution in [0.1, 0.15) is 28.0 Å². The number of thiazole rings is 1. The van der Waals surface area contributed by atoms with Gasteiger partial charge in [0.2, 0.25) is 0 Å². The summed E-state index contributed by atoms with van der Waals surface area (Å²) in [5, 5.41) is 2.18. The molecule has 1 radical (unpaired) electrons. The number of nitrogens with one attached hydrogen (secondary N) is 1. The highest BCUT2D eigenvalue weighted by atomic mass is 32.1. The second kappa shape index (κ2) is 5.59. The molecule has 1 aromatic carbocycles. The first-order chi connectivity index (χ1) is 12.2. The maximum Gasteiger partial charge on any atom is 0.270 e. The number of rotatable bonds is 2. The normalized spacial score (nSPS) is 17.6. The van der Waals surface area contributed by atoms with Gasteiger partial charge >= 0.3 is 0 Å². The highest BCUT2D eigenvalue weighted by molar-refractivity contribution is 7.15. The van der Waals surface area contributed by atoms with E-state index >= 15 is 0 Å². The zero-order valence-corrected chi connectivity index (χ0v) is 14.9. The number of anilines is 1. The van der Waals surface area contributed by atoms with Gasteiger partial charge in [-0.2, -0.15) is 0 Å². The lowest BCUT2D eigenvalue weighted by Gasteiger charge is -2.36. The monoisotopic (exact) mass is 351 g/mol. The summed E-state index contributed by atoms with van der Waals surface area (Å²) in [6.45, 7) is 5.62. The minimum absolute atomic E-state index is 0.0740. The van der Waals surface area contributed by atoms with Gasteiger partial charge in [0.1, 0.15) is 5.69 Å². The van der Waals surface area contributed by atoms with Gasteiger partial charge in [-0.15, -0.1) is 0 Å². The Hall–Kier alpha value is -2.34. The summed E-state index contributed by atoms with van der Waals surface area (Å²) in [4.78, 5) is 26.4. The Morgan fingerprint density at radius 2 is 2.08 bits per heavy atom. The van der Waals surface area contributed by atoms with Crippen molar-refractivity contribution in [1.29, 1.82) is 0 Å². The maximum absolute atomic E-state index is 12.9. The molecule has 0 atom stereocenters. The summed E-state index contributed by atoms with van der Waals surface area (Å²) in [6.07, 6.45) is 0.842. The molecular formula is C19H19N4OS. The van der Waals surface area contributed by atoms with Gasteiger partial charge in [0.25, 0.3) is 5.91 Å². The summed E-state index contributed by atoms with van der Waals surface area (Å²) < 4.78 is 0. The van der Waals surface area contributed by atoms with Crippen molar-refractivity contribution in [3.05, 3.63) is 52.5 Å². The molecule has 2 aliphatic rings. The Morgan fingerprint density at radius 3 is 2.88 bits per heavy atom. The summed E-state index contributed by atoms with van der Waals surface area (Å²) in [7, 11) is 0. The number of aromatic amines is 1. The number of hydrogen-bond acceptors (Lipinski definition) is 4. The third-order valence-electron chi connectivity index (χ3n) is 4.96. The molecule has 1 amide bonds. The molecule has 5 rings (SSSR count). The van der Waals surface area contributed by atoms with E-state index in [1.54, 1.807) is 11.3 Å². The lowest BCUT2D eigenvalue weighted by Crippen LogP contribution is -2.43. The minimum Gasteiger partial charge on any atom is -0.351 e. The fourth-order valence-electron chi connectivity index (χ4n) is 3.59. The van der Waals surface area contributed by atoms with Gasteiger partial charge in [0.15, 0.2) is 5.13 Å². The van der Waals surface area contributed by atoms with Crippen LogP contribution >= 0.6 is 11.3 Å². The van der Waals surface area contributed by atoms with Crippen LogP contribution in [-0.4, -0.2) is 40.4 Å². The maximum atomic E-state index is 12.9. The van der Waals surface area contributed by atoms with Gasteiger partial charge in [-0.05, 0) is 12.1 Å². The van der Waals surface area contributed by atoms with Crippen LogP contribution in [0.25, 0.3) is 10.9 Å². The molecule has 0 spiro atoms. The Balaban J connectivity index is 1.36. The lowest BCUT2D eigenvalue weighted by atomic mass is 10.0. The van der Waals surface area contributed by atoms with E-state index in [0.717, 1.165) is 42.1 Å². The molecule has 2 aromatic heterocycles. The Bertz CT molecular complexity index is 920. The number of aromatic nitrogens is 2. The predicted molar refractivity (Wildman–Crippen MR) is 100.0 cm³/mol. The quantitative estimate of drug-likeness (QED) is 0.771. The van der Waals surface area contributed by atoms with Gasteiger partial charge in [-0.1, -0.05) is 36.5 Å². The first-order valence-corrected chi connectivity index (χ1v) is 9.41. The molecule has 127 valence electrons. The van der Waals surface area contributed by atoms with Gasteiger partial charge < -0.3 is 14.8 Å². The van der Waals surface area contributed by atoms with Gasteiger partial charge in [0, 0.05) is 47.8 Å². The van der Waals surface area contributed by atoms with Gasteiger partial charge in [-0.25, -0.2) is 4.98 Å². The third-order valence-corrected chi connectivity index (χ3v) is 6.10. The van der Waals surface area contributed by atoms with Crippen molar-refractivity contribution in [3.63, 3.8) is 0 Å². The SMILES string of the molecule is C[C]1CN(c2nc3c(s2)CN(C(=O)c2cc4ccccc4[nH]2)CC3)C1. The molecule has 0 saturated carbocycles. The second-order valence-corrected chi connectivity index (χ2v) is 7.99.